The molecule has 2 aliphatic rings. The van der Waals surface area contributed by atoms with Crippen LogP contribution in [0.15, 0.2) is 30.3 Å². The molecule has 3 rings (SSSR count). The molecule has 9 nitrogen and oxygen atoms in total. The molecule has 3 amide bonds. The van der Waals surface area contributed by atoms with Gasteiger partial charge in [0.15, 0.2) is 0 Å². The van der Waals surface area contributed by atoms with Crippen LogP contribution in [0.2, 0.25) is 0 Å². The van der Waals surface area contributed by atoms with Crippen molar-refractivity contribution >= 4 is 23.9 Å². The second kappa shape index (κ2) is 13.3. The summed E-state index contributed by atoms with van der Waals surface area (Å²) in [5.41, 5.74) is 1.21. The minimum Gasteiger partial charge on any atom is -0.467 e. The van der Waals surface area contributed by atoms with E-state index in [4.69, 9.17) is 9.47 Å². The van der Waals surface area contributed by atoms with Gasteiger partial charge in [-0.2, -0.15) is 0 Å². The van der Waals surface area contributed by atoms with Crippen LogP contribution in [0.3, 0.4) is 0 Å². The predicted molar refractivity (Wildman–Crippen MR) is 134 cm³/mol. The minimum atomic E-state index is -0.978. The molecule has 1 heterocycles. The highest BCUT2D eigenvalue weighted by molar-refractivity contribution is 5.90. The molecule has 1 aromatic carbocycles. The molecule has 9 heteroatoms. The molecule has 2 unspecified atom stereocenters. The Hall–Kier alpha value is -3.10. The Morgan fingerprint density at radius 1 is 1.06 bits per heavy atom. The summed E-state index contributed by atoms with van der Waals surface area (Å²) >= 11 is 0. The lowest BCUT2D eigenvalue weighted by Gasteiger charge is -2.26. The highest BCUT2D eigenvalue weighted by Crippen LogP contribution is 2.31. The number of benzene rings is 1. The highest BCUT2D eigenvalue weighted by Gasteiger charge is 2.35. The maximum Gasteiger partial charge on any atom is 0.408 e. The lowest BCUT2D eigenvalue weighted by molar-refractivity contribution is -0.146. The fourth-order valence-electron chi connectivity index (χ4n) is 5.11. The normalized spacial score (nSPS) is 23.0. The zero-order chi connectivity index (χ0) is 26.1. The van der Waals surface area contributed by atoms with E-state index in [2.05, 4.69) is 28.1 Å². The lowest BCUT2D eigenvalue weighted by Crippen LogP contribution is -2.53. The fourth-order valence-corrected chi connectivity index (χ4v) is 5.11. The molecule has 1 saturated carbocycles. The van der Waals surface area contributed by atoms with Crippen LogP contribution in [0.25, 0.3) is 0 Å². The largest absolute Gasteiger partial charge is 0.467 e. The monoisotopic (exact) mass is 501 g/mol. The molecule has 0 bridgehead atoms. The van der Waals surface area contributed by atoms with Crippen molar-refractivity contribution in [2.75, 3.05) is 13.7 Å². The van der Waals surface area contributed by atoms with Crippen molar-refractivity contribution in [2.45, 2.75) is 77.0 Å². The zero-order valence-corrected chi connectivity index (χ0v) is 21.5. The van der Waals surface area contributed by atoms with E-state index in [1.54, 1.807) is 0 Å². The number of hydrogen-bond donors (Lipinski definition) is 3. The van der Waals surface area contributed by atoms with Crippen molar-refractivity contribution in [1.29, 1.82) is 0 Å². The smallest absolute Gasteiger partial charge is 0.408 e. The first-order chi connectivity index (χ1) is 17.3. The maximum atomic E-state index is 13.2. The first-order valence-corrected chi connectivity index (χ1v) is 12.9. The van der Waals surface area contributed by atoms with E-state index in [0.717, 1.165) is 25.7 Å². The third-order valence-corrected chi connectivity index (χ3v) is 6.99. The number of carbonyl (C=O) groups excluding carboxylic acids is 4. The second-order valence-corrected chi connectivity index (χ2v) is 10.2. The van der Waals surface area contributed by atoms with Crippen LogP contribution < -0.4 is 16.0 Å². The van der Waals surface area contributed by atoms with Crippen molar-refractivity contribution in [3.05, 3.63) is 35.9 Å². The molecule has 1 aliphatic heterocycles. The molecule has 0 aromatic heterocycles. The summed E-state index contributed by atoms with van der Waals surface area (Å²) in [6, 6.07) is 8.28. The van der Waals surface area contributed by atoms with Gasteiger partial charge in [-0.15, -0.1) is 0 Å². The molecule has 0 radical (unpaired) electrons. The quantitative estimate of drug-likeness (QED) is 0.401. The number of rotatable bonds is 11. The van der Waals surface area contributed by atoms with Crippen LogP contribution in [0, 0.1) is 17.8 Å². The minimum absolute atomic E-state index is 0.107. The summed E-state index contributed by atoms with van der Waals surface area (Å²) in [4.78, 5) is 50.3. The van der Waals surface area contributed by atoms with Crippen LogP contribution in [0.1, 0.15) is 57.9 Å². The van der Waals surface area contributed by atoms with Crippen LogP contribution in [0.4, 0.5) is 4.79 Å². The summed E-state index contributed by atoms with van der Waals surface area (Å²) in [5.74, 6) is -1.29. The molecule has 1 saturated heterocycles. The SMILES string of the molecule is COC(=O)[C@H](C[C@@H]1CCNC1=O)NC(=O)[C@H](CC(C)C)NC(=O)OC1CCCC1Cc1ccccc1. The Labute approximate surface area is 213 Å². The number of esters is 1. The number of nitrogens with one attached hydrogen (secondary N) is 3. The number of methoxy groups -OCH3 is 1. The standard InChI is InChI=1S/C27H39N3O6/c1-17(2)14-21(25(32)29-22(26(33)35-3)16-20-12-13-28-24(20)31)30-27(34)36-23-11-7-10-19(23)15-18-8-5-4-6-9-18/h4-6,8-9,17,19-23H,7,10-16H2,1-3H3,(H,28,31)(H,29,32)(H,30,34)/t19?,20-,21-,22-,23?/m0/s1. The van der Waals surface area contributed by atoms with E-state index in [9.17, 15) is 19.2 Å². The third kappa shape index (κ3) is 7.96. The molecular weight excluding hydrogens is 462 g/mol. The molecule has 0 spiro atoms. The van der Waals surface area contributed by atoms with Crippen LogP contribution >= 0.6 is 0 Å². The number of amides is 3. The number of hydrogen-bond acceptors (Lipinski definition) is 6. The first-order valence-electron chi connectivity index (χ1n) is 12.9. The summed E-state index contributed by atoms with van der Waals surface area (Å²) in [6.45, 7) is 4.43. The maximum absolute atomic E-state index is 13.2. The summed E-state index contributed by atoms with van der Waals surface area (Å²) in [7, 11) is 1.24. The Morgan fingerprint density at radius 2 is 1.81 bits per heavy atom. The van der Waals surface area contributed by atoms with E-state index in [1.165, 1.54) is 12.7 Å². The van der Waals surface area contributed by atoms with Crippen molar-refractivity contribution in [3.63, 3.8) is 0 Å². The Kier molecular flexibility index (Phi) is 10.1. The van der Waals surface area contributed by atoms with Gasteiger partial charge < -0.3 is 25.4 Å². The molecular formula is C27H39N3O6. The van der Waals surface area contributed by atoms with Crippen molar-refractivity contribution in [2.24, 2.45) is 17.8 Å². The van der Waals surface area contributed by atoms with Crippen LogP contribution in [-0.4, -0.2) is 55.7 Å². The van der Waals surface area contributed by atoms with Gasteiger partial charge in [-0.25, -0.2) is 9.59 Å². The molecule has 2 fully saturated rings. The topological polar surface area (TPSA) is 123 Å². The number of carbonyl (C=O) groups is 4. The molecule has 3 N–H and O–H groups in total. The van der Waals surface area contributed by atoms with Crippen molar-refractivity contribution < 1.29 is 28.7 Å². The van der Waals surface area contributed by atoms with Gasteiger partial charge in [0.2, 0.25) is 11.8 Å². The molecule has 1 aliphatic carbocycles. The lowest BCUT2D eigenvalue weighted by atomic mass is 9.96. The molecule has 5 atom stereocenters. The number of ether oxygens (including phenoxy) is 2. The van der Waals surface area contributed by atoms with Crippen molar-refractivity contribution in [1.82, 2.24) is 16.0 Å². The Bertz CT molecular complexity index is 906. The summed E-state index contributed by atoms with van der Waals surface area (Å²) < 4.78 is 10.6. The van der Waals surface area contributed by atoms with Crippen molar-refractivity contribution in [3.8, 4) is 0 Å². The van der Waals surface area contributed by atoms with Gasteiger partial charge >= 0.3 is 12.1 Å². The summed E-state index contributed by atoms with van der Waals surface area (Å²) in [5, 5.41) is 8.15. The Balaban J connectivity index is 1.60. The van der Waals surface area contributed by atoms with E-state index < -0.39 is 30.1 Å². The fraction of sp³-hybridized carbons (Fsp3) is 0.630. The van der Waals surface area contributed by atoms with Gasteiger partial charge in [-0.3, -0.25) is 9.59 Å². The number of alkyl carbamates (subject to hydrolysis) is 1. The third-order valence-electron chi connectivity index (χ3n) is 6.99. The van der Waals surface area contributed by atoms with E-state index in [0.29, 0.717) is 19.4 Å². The first kappa shape index (κ1) is 27.5. The van der Waals surface area contributed by atoms with Gasteiger partial charge in [0.05, 0.1) is 7.11 Å². The zero-order valence-electron chi connectivity index (χ0n) is 21.5. The van der Waals surface area contributed by atoms with E-state index in [1.807, 2.05) is 32.0 Å². The average Bonchev–Trinajstić information content (AvgIpc) is 3.46. The van der Waals surface area contributed by atoms with E-state index >= 15 is 0 Å². The Morgan fingerprint density at radius 3 is 2.44 bits per heavy atom. The average molecular weight is 502 g/mol. The molecule has 198 valence electrons. The second-order valence-electron chi connectivity index (χ2n) is 10.2. The predicted octanol–water partition coefficient (Wildman–Crippen LogP) is 2.72. The van der Waals surface area contributed by atoms with Gasteiger partial charge in [0.1, 0.15) is 18.2 Å². The van der Waals surface area contributed by atoms with E-state index in [-0.39, 0.29) is 36.2 Å². The van der Waals surface area contributed by atoms with Gasteiger partial charge in [0.25, 0.3) is 0 Å². The highest BCUT2D eigenvalue weighted by atomic mass is 16.6. The van der Waals surface area contributed by atoms with Gasteiger partial charge in [-0.05, 0) is 56.4 Å². The summed E-state index contributed by atoms with van der Waals surface area (Å²) in [6.07, 6.45) is 3.86. The van der Waals surface area contributed by atoms with Crippen LogP contribution in [0.5, 0.6) is 0 Å². The van der Waals surface area contributed by atoms with Gasteiger partial charge in [0, 0.05) is 18.4 Å². The van der Waals surface area contributed by atoms with Gasteiger partial charge in [-0.1, -0.05) is 44.2 Å². The van der Waals surface area contributed by atoms with Crippen LogP contribution in [-0.2, 0) is 30.3 Å². The molecule has 36 heavy (non-hydrogen) atoms. The molecule has 1 aromatic rings.